The summed E-state index contributed by atoms with van der Waals surface area (Å²) < 4.78 is 1.75. The number of nitrogens with zero attached hydrogens (tertiary/aromatic N) is 2. The summed E-state index contributed by atoms with van der Waals surface area (Å²) in [6.45, 7) is 3.18. The Morgan fingerprint density at radius 1 is 0.893 bits per heavy atom. The summed E-state index contributed by atoms with van der Waals surface area (Å²) in [5.41, 5.74) is 3.55. The number of para-hydroxylation sites is 2. The highest BCUT2D eigenvalue weighted by molar-refractivity contribution is 6.18. The maximum absolute atomic E-state index is 13.3. The molecule has 0 aliphatic carbocycles. The van der Waals surface area contributed by atoms with Gasteiger partial charge in [0.2, 0.25) is 0 Å². The molecule has 28 heavy (non-hydrogen) atoms. The fourth-order valence-corrected chi connectivity index (χ4v) is 4.23. The number of fused-ring (bicyclic) bond motifs is 4. The van der Waals surface area contributed by atoms with E-state index in [4.69, 9.17) is 4.98 Å². The zero-order valence-electron chi connectivity index (χ0n) is 16.0. The van der Waals surface area contributed by atoms with Crippen molar-refractivity contribution in [1.29, 1.82) is 0 Å². The van der Waals surface area contributed by atoms with E-state index in [0.717, 1.165) is 56.9 Å². The van der Waals surface area contributed by atoms with Crippen LogP contribution in [0.1, 0.15) is 32.6 Å². The van der Waals surface area contributed by atoms with E-state index >= 15 is 0 Å². The van der Waals surface area contributed by atoms with Crippen LogP contribution in [-0.2, 0) is 0 Å². The van der Waals surface area contributed by atoms with E-state index in [1.807, 2.05) is 36.4 Å². The third kappa shape index (κ3) is 2.52. The Kier molecular flexibility index (Phi) is 4.12. The smallest absolute Gasteiger partial charge is 0.264 e. The van der Waals surface area contributed by atoms with Crippen LogP contribution in [0.3, 0.4) is 0 Å². The van der Waals surface area contributed by atoms with Crippen molar-refractivity contribution in [1.82, 2.24) is 9.38 Å². The number of imidazole rings is 1. The van der Waals surface area contributed by atoms with Crippen molar-refractivity contribution in [2.75, 3.05) is 11.9 Å². The molecule has 1 N–H and O–H groups in total. The first-order valence-corrected chi connectivity index (χ1v) is 10.1. The quantitative estimate of drug-likeness (QED) is 0.397. The maximum atomic E-state index is 13.3. The molecule has 5 aromatic rings. The molecule has 4 heteroatoms. The lowest BCUT2D eigenvalue weighted by Gasteiger charge is -2.13. The first-order chi connectivity index (χ1) is 13.8. The molecule has 0 atom stereocenters. The minimum absolute atomic E-state index is 0.00176. The molecule has 0 unspecified atom stereocenters. The predicted octanol–water partition coefficient (Wildman–Crippen LogP) is 5.58. The number of pyridine rings is 1. The second-order valence-corrected chi connectivity index (χ2v) is 7.44. The van der Waals surface area contributed by atoms with Crippen LogP contribution in [0, 0.1) is 0 Å². The zero-order valence-corrected chi connectivity index (χ0v) is 16.0. The third-order valence-corrected chi connectivity index (χ3v) is 5.62. The lowest BCUT2D eigenvalue weighted by molar-refractivity contribution is 0.685. The van der Waals surface area contributed by atoms with Crippen LogP contribution < -0.4 is 10.9 Å². The van der Waals surface area contributed by atoms with Crippen LogP contribution in [0.2, 0.25) is 0 Å². The number of hydrogen-bond acceptors (Lipinski definition) is 3. The van der Waals surface area contributed by atoms with Gasteiger partial charge in [-0.3, -0.25) is 9.20 Å². The van der Waals surface area contributed by atoms with Crippen LogP contribution >= 0.6 is 0 Å². The Balaban J connectivity index is 1.72. The average Bonchev–Trinajstić information content (AvgIpc) is 3.12. The van der Waals surface area contributed by atoms with Crippen LogP contribution in [0.5, 0.6) is 0 Å². The Labute approximate surface area is 163 Å². The Hall–Kier alpha value is -3.14. The van der Waals surface area contributed by atoms with Gasteiger partial charge in [-0.15, -0.1) is 0 Å². The predicted molar refractivity (Wildman–Crippen MR) is 118 cm³/mol. The van der Waals surface area contributed by atoms with E-state index < -0.39 is 0 Å². The van der Waals surface area contributed by atoms with Gasteiger partial charge < -0.3 is 5.32 Å². The van der Waals surface area contributed by atoms with Gasteiger partial charge in [0.25, 0.3) is 5.56 Å². The fourth-order valence-electron chi connectivity index (χ4n) is 4.23. The highest BCUT2D eigenvalue weighted by atomic mass is 16.1. The van der Waals surface area contributed by atoms with E-state index in [1.54, 1.807) is 4.40 Å². The summed E-state index contributed by atoms with van der Waals surface area (Å²) >= 11 is 0. The Morgan fingerprint density at radius 3 is 2.64 bits per heavy atom. The second-order valence-electron chi connectivity index (χ2n) is 7.44. The average molecular weight is 369 g/mol. The lowest BCUT2D eigenvalue weighted by Crippen LogP contribution is -2.13. The van der Waals surface area contributed by atoms with Crippen molar-refractivity contribution >= 4 is 43.9 Å². The standard InChI is InChI=1S/C24H23N3O/c1-2-3-4-7-15-25-19-14-13-17-22-16(19)9-8-10-18(22)24(28)27-21-12-6-5-11-20(21)26-23(17)27/h5-6,8-14,25H,2-4,7,15H2,1H3. The van der Waals surface area contributed by atoms with Gasteiger partial charge in [-0.25, -0.2) is 4.98 Å². The fraction of sp³-hybridized carbons (Fsp3) is 0.250. The van der Waals surface area contributed by atoms with Crippen LogP contribution in [0.25, 0.3) is 38.2 Å². The van der Waals surface area contributed by atoms with Crippen molar-refractivity contribution in [2.24, 2.45) is 0 Å². The molecule has 0 radical (unpaired) electrons. The van der Waals surface area contributed by atoms with Gasteiger partial charge in [0.15, 0.2) is 0 Å². The summed E-state index contributed by atoms with van der Waals surface area (Å²) in [5, 5.41) is 7.45. The van der Waals surface area contributed by atoms with E-state index in [2.05, 4.69) is 30.4 Å². The Bertz CT molecular complexity index is 1350. The number of aromatic nitrogens is 2. The highest BCUT2D eigenvalue weighted by Crippen LogP contribution is 2.33. The molecule has 0 bridgehead atoms. The van der Waals surface area contributed by atoms with Crippen molar-refractivity contribution in [3.63, 3.8) is 0 Å². The molecular formula is C24H23N3O. The van der Waals surface area contributed by atoms with Crippen molar-refractivity contribution in [3.8, 4) is 0 Å². The molecule has 0 saturated carbocycles. The normalized spacial score (nSPS) is 11.9. The number of anilines is 1. The minimum Gasteiger partial charge on any atom is -0.385 e. The third-order valence-electron chi connectivity index (χ3n) is 5.62. The number of hydrogen-bond donors (Lipinski definition) is 1. The van der Waals surface area contributed by atoms with Crippen LogP contribution in [0.15, 0.2) is 59.4 Å². The summed E-state index contributed by atoms with van der Waals surface area (Å²) in [5.74, 6) is 0. The molecule has 140 valence electrons. The maximum Gasteiger partial charge on any atom is 0.264 e. The van der Waals surface area contributed by atoms with Gasteiger partial charge in [-0.1, -0.05) is 50.5 Å². The first kappa shape index (κ1) is 17.0. The number of nitrogens with one attached hydrogen (secondary N) is 1. The molecule has 0 saturated heterocycles. The molecule has 0 amide bonds. The van der Waals surface area contributed by atoms with E-state index in [1.165, 1.54) is 19.3 Å². The summed E-state index contributed by atoms with van der Waals surface area (Å²) in [6.07, 6.45) is 4.92. The van der Waals surface area contributed by atoms with Gasteiger partial charge >= 0.3 is 0 Å². The van der Waals surface area contributed by atoms with E-state index in [9.17, 15) is 4.79 Å². The number of unbranched alkanes of at least 4 members (excludes halogenated alkanes) is 3. The summed E-state index contributed by atoms with van der Waals surface area (Å²) in [4.78, 5) is 18.1. The Morgan fingerprint density at radius 2 is 1.75 bits per heavy atom. The minimum atomic E-state index is 0.00176. The van der Waals surface area contributed by atoms with Crippen LogP contribution in [0.4, 0.5) is 5.69 Å². The SMILES string of the molecule is CCCCCCNc1ccc2c3c1cccc3c(=O)n1c3ccccc3nc21. The molecule has 0 fully saturated rings. The largest absolute Gasteiger partial charge is 0.385 e. The van der Waals surface area contributed by atoms with Crippen molar-refractivity contribution < 1.29 is 0 Å². The van der Waals surface area contributed by atoms with Gasteiger partial charge in [-0.05, 0) is 36.8 Å². The highest BCUT2D eigenvalue weighted by Gasteiger charge is 2.16. The van der Waals surface area contributed by atoms with E-state index in [-0.39, 0.29) is 5.56 Å². The number of rotatable bonds is 6. The molecule has 4 nitrogen and oxygen atoms in total. The molecule has 2 heterocycles. The van der Waals surface area contributed by atoms with Crippen molar-refractivity contribution in [3.05, 3.63) is 65.0 Å². The second kappa shape index (κ2) is 6.79. The van der Waals surface area contributed by atoms with Crippen molar-refractivity contribution in [2.45, 2.75) is 32.6 Å². The summed E-state index contributed by atoms with van der Waals surface area (Å²) in [7, 11) is 0. The molecule has 2 aromatic heterocycles. The molecule has 0 aliphatic rings. The van der Waals surface area contributed by atoms with Gasteiger partial charge in [0.05, 0.1) is 11.0 Å². The summed E-state index contributed by atoms with van der Waals surface area (Å²) in [6, 6.07) is 18.1. The lowest BCUT2D eigenvalue weighted by atomic mass is 10.0. The van der Waals surface area contributed by atoms with Gasteiger partial charge in [-0.2, -0.15) is 0 Å². The van der Waals surface area contributed by atoms with Gasteiger partial charge in [0.1, 0.15) is 5.65 Å². The van der Waals surface area contributed by atoms with Gasteiger partial charge in [0, 0.05) is 33.8 Å². The molecule has 0 aliphatic heterocycles. The monoisotopic (exact) mass is 369 g/mol. The van der Waals surface area contributed by atoms with Crippen LogP contribution in [-0.4, -0.2) is 15.9 Å². The molecule has 0 spiro atoms. The van der Waals surface area contributed by atoms with E-state index in [0.29, 0.717) is 0 Å². The molecule has 3 aromatic carbocycles. The number of benzene rings is 3. The molecular weight excluding hydrogens is 346 g/mol. The zero-order chi connectivity index (χ0) is 19.1. The topological polar surface area (TPSA) is 46.4 Å². The molecule has 5 rings (SSSR count). The first-order valence-electron chi connectivity index (χ1n) is 10.1.